The van der Waals surface area contributed by atoms with Gasteiger partial charge in [-0.25, -0.2) is 0 Å². The summed E-state index contributed by atoms with van der Waals surface area (Å²) in [5.41, 5.74) is 1.01. The molecule has 1 amide bonds. The third kappa shape index (κ3) is 4.13. The summed E-state index contributed by atoms with van der Waals surface area (Å²) in [5.74, 6) is 0.455. The molecule has 146 valence electrons. The minimum Gasteiger partial charge on any atom is -0.497 e. The molecule has 0 unspecified atom stereocenters. The van der Waals surface area contributed by atoms with Gasteiger partial charge in [0.2, 0.25) is 0 Å². The minimum atomic E-state index is -0.284. The summed E-state index contributed by atoms with van der Waals surface area (Å²) in [7, 11) is 1.62. The molecular formula is C20H23N5O3. The Labute approximate surface area is 163 Å². The van der Waals surface area contributed by atoms with E-state index in [0.717, 1.165) is 49.4 Å². The van der Waals surface area contributed by atoms with Crippen LogP contribution in [0.4, 0.5) is 5.69 Å². The molecule has 1 aliphatic rings. The maximum Gasteiger partial charge on any atom is 0.277 e. The number of morpholine rings is 1. The number of benzene rings is 2. The van der Waals surface area contributed by atoms with Gasteiger partial charge in [-0.3, -0.25) is 14.4 Å². The zero-order chi connectivity index (χ0) is 19.3. The zero-order valence-corrected chi connectivity index (χ0v) is 15.8. The highest BCUT2D eigenvalue weighted by Crippen LogP contribution is 2.27. The smallest absolute Gasteiger partial charge is 0.277 e. The van der Waals surface area contributed by atoms with E-state index in [2.05, 4.69) is 20.5 Å². The Bertz CT molecular complexity index is 965. The summed E-state index contributed by atoms with van der Waals surface area (Å²) in [6, 6.07) is 11.5. The first-order valence-electron chi connectivity index (χ1n) is 9.31. The summed E-state index contributed by atoms with van der Waals surface area (Å²) in [4.78, 5) is 15.0. The lowest BCUT2D eigenvalue weighted by Crippen LogP contribution is -2.38. The van der Waals surface area contributed by atoms with Crippen LogP contribution in [0.2, 0.25) is 0 Å². The van der Waals surface area contributed by atoms with Crippen molar-refractivity contribution in [3.63, 3.8) is 0 Å². The second kappa shape index (κ2) is 8.37. The number of nitrogens with zero attached hydrogens (tertiary/aromatic N) is 4. The summed E-state index contributed by atoms with van der Waals surface area (Å²) in [6.45, 7) is 4.92. The highest BCUT2D eigenvalue weighted by Gasteiger charge is 2.14. The first-order valence-corrected chi connectivity index (χ1v) is 9.31. The van der Waals surface area contributed by atoms with Gasteiger partial charge in [-0.2, -0.15) is 0 Å². The topological polar surface area (TPSA) is 81.5 Å². The average molecular weight is 381 g/mol. The van der Waals surface area contributed by atoms with Crippen molar-refractivity contribution in [1.82, 2.24) is 19.9 Å². The van der Waals surface area contributed by atoms with Gasteiger partial charge in [-0.1, -0.05) is 23.4 Å². The third-order valence-electron chi connectivity index (χ3n) is 4.86. The molecule has 0 atom stereocenters. The second-order valence-electron chi connectivity index (χ2n) is 6.67. The van der Waals surface area contributed by atoms with E-state index in [9.17, 15) is 4.79 Å². The van der Waals surface area contributed by atoms with Crippen molar-refractivity contribution in [2.45, 2.75) is 6.54 Å². The van der Waals surface area contributed by atoms with E-state index in [1.807, 2.05) is 36.4 Å². The second-order valence-corrected chi connectivity index (χ2v) is 6.67. The average Bonchev–Trinajstić information content (AvgIpc) is 3.22. The van der Waals surface area contributed by atoms with Crippen LogP contribution in [0.1, 0.15) is 10.5 Å². The molecule has 1 N–H and O–H groups in total. The Morgan fingerprint density at radius 1 is 1.21 bits per heavy atom. The van der Waals surface area contributed by atoms with Crippen molar-refractivity contribution in [1.29, 1.82) is 0 Å². The number of carbonyl (C=O) groups excluding carboxylic acids is 1. The molecule has 1 aliphatic heterocycles. The number of aromatic nitrogens is 3. The molecule has 0 aliphatic carbocycles. The molecule has 8 nitrogen and oxygen atoms in total. The number of hydrogen-bond acceptors (Lipinski definition) is 6. The molecule has 8 heteroatoms. The van der Waals surface area contributed by atoms with Crippen LogP contribution in [0.5, 0.6) is 5.75 Å². The normalized spacial score (nSPS) is 14.9. The lowest BCUT2D eigenvalue weighted by Gasteiger charge is -2.26. The molecule has 3 aromatic rings. The Morgan fingerprint density at radius 3 is 2.89 bits per heavy atom. The van der Waals surface area contributed by atoms with Crippen molar-refractivity contribution < 1.29 is 14.3 Å². The predicted octanol–water partition coefficient (Wildman–Crippen LogP) is 2.02. The number of methoxy groups -OCH3 is 1. The van der Waals surface area contributed by atoms with E-state index in [1.54, 1.807) is 18.0 Å². The van der Waals surface area contributed by atoms with Crippen LogP contribution in [-0.4, -0.2) is 65.8 Å². The number of fused-ring (bicyclic) bond motifs is 1. The van der Waals surface area contributed by atoms with Crippen molar-refractivity contribution in [2.75, 3.05) is 45.3 Å². The number of carbonyl (C=O) groups is 1. The quantitative estimate of drug-likeness (QED) is 0.704. The molecule has 0 bridgehead atoms. The minimum absolute atomic E-state index is 0.284. The monoisotopic (exact) mass is 381 g/mol. The lowest BCUT2D eigenvalue weighted by molar-refractivity contribution is 0.0359. The Hall–Kier alpha value is -2.97. The first kappa shape index (κ1) is 18.4. The first-order chi connectivity index (χ1) is 13.7. The summed E-state index contributed by atoms with van der Waals surface area (Å²) in [6.07, 6.45) is 1.68. The van der Waals surface area contributed by atoms with Gasteiger partial charge in [-0.15, -0.1) is 5.10 Å². The fourth-order valence-electron chi connectivity index (χ4n) is 3.25. The lowest BCUT2D eigenvalue weighted by atomic mass is 10.1. The number of hydrogen-bond donors (Lipinski definition) is 1. The van der Waals surface area contributed by atoms with E-state index in [4.69, 9.17) is 9.47 Å². The zero-order valence-electron chi connectivity index (χ0n) is 15.8. The van der Waals surface area contributed by atoms with Crippen molar-refractivity contribution >= 4 is 22.4 Å². The van der Waals surface area contributed by atoms with Crippen LogP contribution in [-0.2, 0) is 11.3 Å². The Balaban J connectivity index is 1.44. The van der Waals surface area contributed by atoms with Crippen molar-refractivity contribution in [2.24, 2.45) is 0 Å². The molecule has 2 heterocycles. The maximum atomic E-state index is 12.6. The predicted molar refractivity (Wildman–Crippen MR) is 106 cm³/mol. The number of rotatable bonds is 6. The fourth-order valence-corrected chi connectivity index (χ4v) is 3.25. The Kier molecular flexibility index (Phi) is 5.50. The maximum absolute atomic E-state index is 12.6. The van der Waals surface area contributed by atoms with Crippen molar-refractivity contribution in [3.05, 3.63) is 48.3 Å². The van der Waals surface area contributed by atoms with Crippen LogP contribution in [0.15, 0.2) is 42.6 Å². The summed E-state index contributed by atoms with van der Waals surface area (Å²) in [5, 5.41) is 13.0. The van der Waals surface area contributed by atoms with Crippen LogP contribution >= 0.6 is 0 Å². The van der Waals surface area contributed by atoms with Crippen molar-refractivity contribution in [3.8, 4) is 5.75 Å². The van der Waals surface area contributed by atoms with Gasteiger partial charge < -0.3 is 14.8 Å². The van der Waals surface area contributed by atoms with E-state index in [1.165, 1.54) is 0 Å². The highest BCUT2D eigenvalue weighted by molar-refractivity contribution is 6.08. The van der Waals surface area contributed by atoms with E-state index in [-0.39, 0.29) is 5.91 Å². The molecule has 4 rings (SSSR count). The SMILES string of the molecule is COc1ccc2cccc(NC(=O)c3cn(CCN4CCOCC4)nn3)c2c1. The third-order valence-corrected chi connectivity index (χ3v) is 4.86. The van der Waals surface area contributed by atoms with Crippen LogP contribution in [0.25, 0.3) is 10.8 Å². The van der Waals surface area contributed by atoms with Gasteiger partial charge in [0.15, 0.2) is 5.69 Å². The van der Waals surface area contributed by atoms with Crippen LogP contribution < -0.4 is 10.1 Å². The fraction of sp³-hybridized carbons (Fsp3) is 0.350. The highest BCUT2D eigenvalue weighted by atomic mass is 16.5. The van der Waals surface area contributed by atoms with Gasteiger partial charge in [-0.05, 0) is 23.6 Å². The molecule has 0 saturated carbocycles. The molecule has 1 aromatic heterocycles. The van der Waals surface area contributed by atoms with Gasteiger partial charge >= 0.3 is 0 Å². The van der Waals surface area contributed by atoms with E-state index in [0.29, 0.717) is 17.9 Å². The van der Waals surface area contributed by atoms with Crippen LogP contribution in [0.3, 0.4) is 0 Å². The number of anilines is 1. The molecule has 28 heavy (non-hydrogen) atoms. The van der Waals surface area contributed by atoms with Gasteiger partial charge in [0.1, 0.15) is 5.75 Å². The largest absolute Gasteiger partial charge is 0.497 e. The number of nitrogens with one attached hydrogen (secondary N) is 1. The van der Waals surface area contributed by atoms with Gasteiger partial charge in [0, 0.05) is 30.7 Å². The standard InChI is InChI=1S/C20H23N5O3/c1-27-16-6-5-15-3-2-4-18(17(15)13-16)21-20(26)19-14-25(23-22-19)8-7-24-9-11-28-12-10-24/h2-6,13-14H,7-12H2,1H3,(H,21,26). The summed E-state index contributed by atoms with van der Waals surface area (Å²) >= 11 is 0. The van der Waals surface area contributed by atoms with E-state index < -0.39 is 0 Å². The van der Waals surface area contributed by atoms with Gasteiger partial charge in [0.25, 0.3) is 5.91 Å². The molecule has 0 radical (unpaired) electrons. The molecule has 2 aromatic carbocycles. The van der Waals surface area contributed by atoms with E-state index >= 15 is 0 Å². The number of ether oxygens (including phenoxy) is 2. The molecule has 1 saturated heterocycles. The Morgan fingerprint density at radius 2 is 2.07 bits per heavy atom. The van der Waals surface area contributed by atoms with Crippen LogP contribution in [0, 0.1) is 0 Å². The number of amides is 1. The molecule has 0 spiro atoms. The summed E-state index contributed by atoms with van der Waals surface area (Å²) < 4.78 is 12.4. The van der Waals surface area contributed by atoms with Gasteiger partial charge in [0.05, 0.1) is 33.1 Å². The molecule has 1 fully saturated rings. The molecular weight excluding hydrogens is 358 g/mol.